The molecule has 2 heterocycles. The van der Waals surface area contributed by atoms with E-state index in [2.05, 4.69) is 20.7 Å². The maximum absolute atomic E-state index is 13.5. The van der Waals surface area contributed by atoms with Gasteiger partial charge in [-0.15, -0.1) is 0 Å². The Morgan fingerprint density at radius 3 is 2.52 bits per heavy atom. The number of anilines is 2. The summed E-state index contributed by atoms with van der Waals surface area (Å²) in [6.45, 7) is 1.84. The van der Waals surface area contributed by atoms with Crippen molar-refractivity contribution in [2.24, 2.45) is 0 Å². The number of methoxy groups -OCH3 is 3. The molecule has 0 fully saturated rings. The van der Waals surface area contributed by atoms with Crippen molar-refractivity contribution in [1.29, 1.82) is 0 Å². The van der Waals surface area contributed by atoms with E-state index in [-0.39, 0.29) is 5.91 Å². The average Bonchev–Trinajstić information content (AvgIpc) is 3.25. The summed E-state index contributed by atoms with van der Waals surface area (Å²) in [6.07, 6.45) is 1.45. The molecule has 1 aliphatic heterocycles. The van der Waals surface area contributed by atoms with Crippen LogP contribution in [0.3, 0.4) is 0 Å². The van der Waals surface area contributed by atoms with Gasteiger partial charge in [0.25, 0.3) is 5.91 Å². The topological polar surface area (TPSA) is 99.5 Å². The molecule has 0 radical (unpaired) electrons. The summed E-state index contributed by atoms with van der Waals surface area (Å²) in [5.74, 6) is 1.99. The van der Waals surface area contributed by atoms with Gasteiger partial charge in [-0.1, -0.05) is 18.2 Å². The fourth-order valence-corrected chi connectivity index (χ4v) is 3.65. The molecule has 1 amide bonds. The molecule has 2 N–H and O–H groups in total. The highest BCUT2D eigenvalue weighted by atomic mass is 16.5. The quantitative estimate of drug-likeness (QED) is 0.630. The smallest absolute Gasteiger partial charge is 0.255 e. The van der Waals surface area contributed by atoms with Crippen molar-refractivity contribution < 1.29 is 19.0 Å². The Morgan fingerprint density at radius 1 is 1.03 bits per heavy atom. The highest BCUT2D eigenvalue weighted by Crippen LogP contribution is 2.39. The van der Waals surface area contributed by atoms with E-state index in [1.54, 1.807) is 44.2 Å². The minimum Gasteiger partial charge on any atom is -0.495 e. The molecule has 4 rings (SSSR count). The Morgan fingerprint density at radius 2 is 1.77 bits per heavy atom. The number of nitrogens with one attached hydrogen (secondary N) is 2. The third kappa shape index (κ3) is 3.65. The van der Waals surface area contributed by atoms with Crippen molar-refractivity contribution in [2.45, 2.75) is 13.0 Å². The fourth-order valence-electron chi connectivity index (χ4n) is 3.65. The number of benzene rings is 2. The molecule has 0 saturated carbocycles. The number of hydrogen-bond donors (Lipinski definition) is 2. The van der Waals surface area contributed by atoms with Crippen LogP contribution in [0.5, 0.6) is 17.2 Å². The Labute approximate surface area is 179 Å². The highest BCUT2D eigenvalue weighted by molar-refractivity contribution is 6.06. The van der Waals surface area contributed by atoms with Crippen molar-refractivity contribution >= 4 is 17.5 Å². The lowest BCUT2D eigenvalue weighted by molar-refractivity contribution is -0.113. The van der Waals surface area contributed by atoms with Gasteiger partial charge in [0.15, 0.2) is 11.5 Å². The van der Waals surface area contributed by atoms with Gasteiger partial charge >= 0.3 is 0 Å². The third-order valence-electron chi connectivity index (χ3n) is 5.12. The Kier molecular flexibility index (Phi) is 5.48. The number of fused-ring (bicyclic) bond motifs is 1. The molecule has 1 aliphatic rings. The summed E-state index contributed by atoms with van der Waals surface area (Å²) < 4.78 is 17.9. The van der Waals surface area contributed by atoms with E-state index >= 15 is 0 Å². The number of ether oxygens (including phenoxy) is 3. The molecule has 9 nitrogen and oxygen atoms in total. The SMILES string of the molecule is COc1ccccc1NC(=O)C1=C(C)Nc2ncnn2[C@H]1c1ccc(OC)c(OC)c1. The van der Waals surface area contributed by atoms with E-state index in [1.807, 2.05) is 31.2 Å². The minimum atomic E-state index is -0.520. The Hall–Kier alpha value is -4.01. The molecule has 3 aromatic rings. The summed E-state index contributed by atoms with van der Waals surface area (Å²) in [5.41, 5.74) is 2.55. The van der Waals surface area contributed by atoms with Gasteiger partial charge in [0, 0.05) is 5.70 Å². The standard InChI is InChI=1S/C22H23N5O4/c1-13-19(21(28)26-15-7-5-6-8-16(15)29-2)20(27-22(25-13)23-12-24-27)14-9-10-17(30-3)18(11-14)31-4/h5-12,20H,1-4H3,(H,26,28)(H,23,24,25)/t20-/m0/s1. The second-order valence-corrected chi connectivity index (χ2v) is 6.86. The number of carbonyl (C=O) groups is 1. The fraction of sp³-hybridized carbons (Fsp3) is 0.227. The lowest BCUT2D eigenvalue weighted by Gasteiger charge is -2.29. The molecule has 0 unspecified atom stereocenters. The molecule has 2 aromatic carbocycles. The van der Waals surface area contributed by atoms with Crippen LogP contribution in [0.25, 0.3) is 0 Å². The van der Waals surface area contributed by atoms with Gasteiger partial charge in [-0.2, -0.15) is 10.1 Å². The summed E-state index contributed by atoms with van der Waals surface area (Å²) in [6, 6.07) is 12.3. The zero-order valence-corrected chi connectivity index (χ0v) is 17.7. The van der Waals surface area contributed by atoms with E-state index in [0.29, 0.717) is 40.2 Å². The van der Waals surface area contributed by atoms with Crippen LogP contribution in [0.15, 0.2) is 60.1 Å². The molecule has 160 valence electrons. The van der Waals surface area contributed by atoms with Gasteiger partial charge in [0.05, 0.1) is 32.6 Å². The molecule has 9 heteroatoms. The number of carbonyl (C=O) groups excluding carboxylic acids is 1. The first kappa shape index (κ1) is 20.3. The predicted molar refractivity (Wildman–Crippen MR) is 116 cm³/mol. The second-order valence-electron chi connectivity index (χ2n) is 6.86. The van der Waals surface area contributed by atoms with Crippen LogP contribution in [-0.2, 0) is 4.79 Å². The molecular weight excluding hydrogens is 398 g/mol. The van der Waals surface area contributed by atoms with Crippen LogP contribution in [0.4, 0.5) is 11.6 Å². The van der Waals surface area contributed by atoms with Gasteiger partial charge in [0.2, 0.25) is 5.95 Å². The lowest BCUT2D eigenvalue weighted by atomic mass is 9.94. The minimum absolute atomic E-state index is 0.282. The molecular formula is C22H23N5O4. The van der Waals surface area contributed by atoms with E-state index in [9.17, 15) is 4.79 Å². The second kappa shape index (κ2) is 8.39. The Balaban J connectivity index is 1.79. The van der Waals surface area contributed by atoms with Crippen LogP contribution < -0.4 is 24.8 Å². The first-order chi connectivity index (χ1) is 15.1. The van der Waals surface area contributed by atoms with Crippen LogP contribution in [0.1, 0.15) is 18.5 Å². The molecule has 0 spiro atoms. The number of amides is 1. The normalized spacial score (nSPS) is 15.0. The van der Waals surface area contributed by atoms with E-state index in [1.165, 1.54) is 6.33 Å². The molecule has 0 saturated heterocycles. The van der Waals surface area contributed by atoms with E-state index in [0.717, 1.165) is 5.56 Å². The summed E-state index contributed by atoms with van der Waals surface area (Å²) in [7, 11) is 4.71. The molecule has 0 bridgehead atoms. The number of aromatic nitrogens is 3. The number of hydrogen-bond acceptors (Lipinski definition) is 7. The monoisotopic (exact) mass is 421 g/mol. The first-order valence-electron chi connectivity index (χ1n) is 9.61. The van der Waals surface area contributed by atoms with Gasteiger partial charge < -0.3 is 24.8 Å². The van der Waals surface area contributed by atoms with Crippen molar-refractivity contribution in [2.75, 3.05) is 32.0 Å². The first-order valence-corrected chi connectivity index (χ1v) is 9.61. The zero-order chi connectivity index (χ0) is 22.0. The lowest BCUT2D eigenvalue weighted by Crippen LogP contribution is -2.31. The number of para-hydroxylation sites is 2. The zero-order valence-electron chi connectivity index (χ0n) is 17.7. The summed E-state index contributed by atoms with van der Waals surface area (Å²) in [4.78, 5) is 17.7. The van der Waals surface area contributed by atoms with Crippen molar-refractivity contribution in [3.8, 4) is 17.2 Å². The van der Waals surface area contributed by atoms with Crippen molar-refractivity contribution in [3.63, 3.8) is 0 Å². The van der Waals surface area contributed by atoms with Gasteiger partial charge in [-0.05, 0) is 36.8 Å². The van der Waals surface area contributed by atoms with E-state index in [4.69, 9.17) is 14.2 Å². The maximum Gasteiger partial charge on any atom is 0.255 e. The van der Waals surface area contributed by atoms with Gasteiger partial charge in [-0.25, -0.2) is 4.68 Å². The highest BCUT2D eigenvalue weighted by Gasteiger charge is 2.34. The average molecular weight is 421 g/mol. The van der Waals surface area contributed by atoms with E-state index < -0.39 is 6.04 Å². The molecule has 1 atom stereocenters. The van der Waals surface area contributed by atoms with Crippen LogP contribution in [-0.4, -0.2) is 42.0 Å². The number of nitrogens with zero attached hydrogens (tertiary/aromatic N) is 3. The third-order valence-corrected chi connectivity index (χ3v) is 5.12. The van der Waals surface area contributed by atoms with Gasteiger partial charge in [-0.3, -0.25) is 4.79 Å². The number of allylic oxidation sites excluding steroid dienone is 1. The number of rotatable bonds is 6. The Bertz CT molecular complexity index is 1150. The van der Waals surface area contributed by atoms with Crippen molar-refractivity contribution in [3.05, 3.63) is 65.6 Å². The molecule has 0 aliphatic carbocycles. The summed E-state index contributed by atoms with van der Waals surface area (Å²) >= 11 is 0. The molecule has 1 aromatic heterocycles. The maximum atomic E-state index is 13.5. The van der Waals surface area contributed by atoms with Crippen LogP contribution in [0.2, 0.25) is 0 Å². The van der Waals surface area contributed by atoms with Crippen molar-refractivity contribution in [1.82, 2.24) is 14.8 Å². The molecule has 31 heavy (non-hydrogen) atoms. The van der Waals surface area contributed by atoms with Crippen LogP contribution >= 0.6 is 0 Å². The summed E-state index contributed by atoms with van der Waals surface area (Å²) in [5, 5.41) is 10.5. The van der Waals surface area contributed by atoms with Gasteiger partial charge in [0.1, 0.15) is 18.1 Å². The van der Waals surface area contributed by atoms with Crippen LogP contribution in [0, 0.1) is 0 Å². The largest absolute Gasteiger partial charge is 0.495 e. The predicted octanol–water partition coefficient (Wildman–Crippen LogP) is 3.23.